The van der Waals surface area contributed by atoms with Gasteiger partial charge >= 0.3 is 5.97 Å². The molecule has 0 atom stereocenters. The molecule has 0 unspecified atom stereocenters. The van der Waals surface area contributed by atoms with E-state index in [4.69, 9.17) is 5.11 Å². The number of carbonyl (C=O) groups is 1. The Morgan fingerprint density at radius 1 is 1.31 bits per heavy atom. The van der Waals surface area contributed by atoms with Crippen molar-refractivity contribution in [3.05, 3.63) is 30.1 Å². The lowest BCUT2D eigenvalue weighted by Gasteiger charge is -2.04. The molecule has 0 aliphatic carbocycles. The molecule has 1 N–H and O–H groups in total. The predicted molar refractivity (Wildman–Crippen MR) is 55.3 cm³/mol. The van der Waals surface area contributed by atoms with Gasteiger partial charge in [-0.2, -0.15) is 0 Å². The highest BCUT2D eigenvalue weighted by molar-refractivity contribution is 7.91. The smallest absolute Gasteiger partial charge is 0.303 e. The number of rotatable bonds is 5. The first-order valence-corrected chi connectivity index (χ1v) is 6.28. The van der Waals surface area contributed by atoms with Gasteiger partial charge in [-0.15, -0.1) is 0 Å². The zero-order chi connectivity index (χ0) is 12.2. The summed E-state index contributed by atoms with van der Waals surface area (Å²) in [7, 11) is -3.72. The summed E-state index contributed by atoms with van der Waals surface area (Å²) in [6, 6.07) is 5.05. The Morgan fingerprint density at radius 2 is 1.94 bits per heavy atom. The molecule has 0 amide bonds. The number of sulfone groups is 1. The lowest BCUT2D eigenvalue weighted by Crippen LogP contribution is -2.10. The summed E-state index contributed by atoms with van der Waals surface area (Å²) < 4.78 is 36.4. The minimum atomic E-state index is -3.72. The molecule has 0 fully saturated rings. The summed E-state index contributed by atoms with van der Waals surface area (Å²) >= 11 is 0. The summed E-state index contributed by atoms with van der Waals surface area (Å²) in [4.78, 5) is 9.85. The Bertz CT molecular complexity index is 481. The monoisotopic (exact) mass is 246 g/mol. The molecule has 0 radical (unpaired) electrons. The molecule has 16 heavy (non-hydrogen) atoms. The summed E-state index contributed by atoms with van der Waals surface area (Å²) in [5.41, 5.74) is 0. The van der Waals surface area contributed by atoms with E-state index in [2.05, 4.69) is 0 Å². The first-order chi connectivity index (χ1) is 7.43. The van der Waals surface area contributed by atoms with Gasteiger partial charge in [0.05, 0.1) is 5.75 Å². The number of carboxylic acids is 1. The summed E-state index contributed by atoms with van der Waals surface area (Å²) in [5, 5.41) is 8.37. The van der Waals surface area contributed by atoms with Crippen LogP contribution in [0.15, 0.2) is 29.2 Å². The van der Waals surface area contributed by atoms with E-state index in [-0.39, 0.29) is 23.5 Å². The van der Waals surface area contributed by atoms with Gasteiger partial charge in [-0.1, -0.05) is 12.1 Å². The van der Waals surface area contributed by atoms with Crippen molar-refractivity contribution < 1.29 is 22.7 Å². The number of aliphatic carboxylic acids is 1. The highest BCUT2D eigenvalue weighted by atomic mass is 32.2. The van der Waals surface area contributed by atoms with Gasteiger partial charge in [0.15, 0.2) is 9.84 Å². The van der Waals surface area contributed by atoms with Crippen LogP contribution < -0.4 is 0 Å². The van der Waals surface area contributed by atoms with Crippen molar-refractivity contribution in [2.45, 2.75) is 17.7 Å². The third-order valence-corrected chi connectivity index (χ3v) is 3.80. The Morgan fingerprint density at radius 3 is 2.50 bits per heavy atom. The molecule has 1 aromatic rings. The van der Waals surface area contributed by atoms with Crippen LogP contribution in [-0.2, 0) is 14.6 Å². The van der Waals surface area contributed by atoms with E-state index in [1.807, 2.05) is 0 Å². The van der Waals surface area contributed by atoms with Crippen LogP contribution >= 0.6 is 0 Å². The Kier molecular flexibility index (Phi) is 4.00. The van der Waals surface area contributed by atoms with Crippen LogP contribution in [0.5, 0.6) is 0 Å². The molecule has 1 rings (SSSR count). The minimum absolute atomic E-state index is 0.0218. The van der Waals surface area contributed by atoms with E-state index in [1.165, 1.54) is 18.2 Å². The first kappa shape index (κ1) is 12.6. The molecule has 1 aromatic carbocycles. The van der Waals surface area contributed by atoms with Gasteiger partial charge in [0.25, 0.3) is 0 Å². The van der Waals surface area contributed by atoms with Crippen LogP contribution in [0.1, 0.15) is 12.8 Å². The molecular formula is C10H11FO4S. The standard InChI is InChI=1S/C10H11FO4S/c11-8-4-1-2-5-9(8)16(14,15)7-3-6-10(12)13/h1-2,4-5H,3,6-7H2,(H,12,13). The normalized spacial score (nSPS) is 11.3. The number of hydrogen-bond acceptors (Lipinski definition) is 3. The van der Waals surface area contributed by atoms with Gasteiger partial charge in [-0.25, -0.2) is 12.8 Å². The number of hydrogen-bond donors (Lipinski definition) is 1. The van der Waals surface area contributed by atoms with Gasteiger partial charge in [0.1, 0.15) is 10.7 Å². The Balaban J connectivity index is 2.79. The van der Waals surface area contributed by atoms with Crippen LogP contribution in [0, 0.1) is 5.82 Å². The molecule has 6 heteroatoms. The number of halogens is 1. The fraction of sp³-hybridized carbons (Fsp3) is 0.300. The molecular weight excluding hydrogens is 235 g/mol. The maximum absolute atomic E-state index is 13.2. The second kappa shape index (κ2) is 5.07. The molecule has 0 spiro atoms. The van der Waals surface area contributed by atoms with Gasteiger partial charge in [-0.3, -0.25) is 4.79 Å². The fourth-order valence-corrected chi connectivity index (χ4v) is 2.62. The second-order valence-electron chi connectivity index (χ2n) is 3.25. The third-order valence-electron chi connectivity index (χ3n) is 1.98. The highest BCUT2D eigenvalue weighted by Crippen LogP contribution is 2.16. The van der Waals surface area contributed by atoms with E-state index in [0.717, 1.165) is 6.07 Å². The van der Waals surface area contributed by atoms with Crippen molar-refractivity contribution in [2.24, 2.45) is 0 Å². The number of benzene rings is 1. The van der Waals surface area contributed by atoms with Crippen molar-refractivity contribution >= 4 is 15.8 Å². The summed E-state index contributed by atoms with van der Waals surface area (Å²) in [6.07, 6.45) is -0.264. The van der Waals surface area contributed by atoms with Gasteiger partial charge in [0.2, 0.25) is 0 Å². The van der Waals surface area contributed by atoms with Crippen LogP contribution in [-0.4, -0.2) is 25.2 Å². The average Bonchev–Trinajstić information content (AvgIpc) is 2.17. The van der Waals surface area contributed by atoms with E-state index >= 15 is 0 Å². The van der Waals surface area contributed by atoms with Crippen LogP contribution in [0.3, 0.4) is 0 Å². The zero-order valence-corrected chi connectivity index (χ0v) is 9.21. The van der Waals surface area contributed by atoms with Gasteiger partial charge in [-0.05, 0) is 18.6 Å². The van der Waals surface area contributed by atoms with Gasteiger partial charge in [0, 0.05) is 6.42 Å². The van der Waals surface area contributed by atoms with Crippen molar-refractivity contribution in [3.63, 3.8) is 0 Å². The summed E-state index contributed by atoms with van der Waals surface area (Å²) in [5.74, 6) is -2.23. The highest BCUT2D eigenvalue weighted by Gasteiger charge is 2.18. The SMILES string of the molecule is O=C(O)CCCS(=O)(=O)c1ccccc1F. The topological polar surface area (TPSA) is 71.4 Å². The minimum Gasteiger partial charge on any atom is -0.481 e. The first-order valence-electron chi connectivity index (χ1n) is 4.62. The van der Waals surface area contributed by atoms with Crippen molar-refractivity contribution in [2.75, 3.05) is 5.75 Å². The van der Waals surface area contributed by atoms with Gasteiger partial charge < -0.3 is 5.11 Å². The van der Waals surface area contributed by atoms with Crippen LogP contribution in [0.4, 0.5) is 4.39 Å². The Labute approximate surface area is 92.6 Å². The maximum atomic E-state index is 13.2. The predicted octanol–water partition coefficient (Wildman–Crippen LogP) is 1.46. The molecule has 0 heterocycles. The molecule has 0 aliphatic heterocycles. The van der Waals surface area contributed by atoms with E-state index < -0.39 is 21.6 Å². The quantitative estimate of drug-likeness (QED) is 0.853. The molecule has 0 aromatic heterocycles. The van der Waals surface area contributed by atoms with E-state index in [0.29, 0.717) is 0 Å². The Hall–Kier alpha value is -1.43. The lowest BCUT2D eigenvalue weighted by atomic mass is 10.3. The fourth-order valence-electron chi connectivity index (χ4n) is 1.22. The lowest BCUT2D eigenvalue weighted by molar-refractivity contribution is -0.137. The van der Waals surface area contributed by atoms with Crippen LogP contribution in [0.25, 0.3) is 0 Å². The van der Waals surface area contributed by atoms with Crippen molar-refractivity contribution in [1.29, 1.82) is 0 Å². The van der Waals surface area contributed by atoms with E-state index in [1.54, 1.807) is 0 Å². The maximum Gasteiger partial charge on any atom is 0.303 e. The molecule has 0 aliphatic rings. The third kappa shape index (κ3) is 3.30. The van der Waals surface area contributed by atoms with Crippen LogP contribution in [0.2, 0.25) is 0 Å². The largest absolute Gasteiger partial charge is 0.481 e. The zero-order valence-electron chi connectivity index (χ0n) is 8.39. The molecule has 0 bridgehead atoms. The molecule has 4 nitrogen and oxygen atoms in total. The second-order valence-corrected chi connectivity index (χ2v) is 5.32. The molecule has 88 valence electrons. The molecule has 0 saturated carbocycles. The van der Waals surface area contributed by atoms with Crippen molar-refractivity contribution in [3.8, 4) is 0 Å². The van der Waals surface area contributed by atoms with Crippen molar-refractivity contribution in [1.82, 2.24) is 0 Å². The summed E-state index contributed by atoms with van der Waals surface area (Å²) in [6.45, 7) is 0. The molecule has 0 saturated heterocycles. The van der Waals surface area contributed by atoms with E-state index in [9.17, 15) is 17.6 Å². The average molecular weight is 246 g/mol. The number of carboxylic acid groups (broad SMARTS) is 1.